The van der Waals surface area contributed by atoms with Crippen LogP contribution < -0.4 is 0 Å². The Morgan fingerprint density at radius 2 is 1.62 bits per heavy atom. The third-order valence-electron chi connectivity index (χ3n) is 4.03. The van der Waals surface area contributed by atoms with Crippen molar-refractivity contribution >= 4 is 5.97 Å². The molecular weight excluding hydrogens is 281 g/mol. The lowest BCUT2D eigenvalue weighted by molar-refractivity contribution is -0.137. The lowest BCUT2D eigenvalue weighted by Gasteiger charge is -2.30. The molecule has 1 aromatic carbocycles. The fourth-order valence-electron chi connectivity index (χ4n) is 2.24. The summed E-state index contributed by atoms with van der Waals surface area (Å²) in [7, 11) is 0. The molecule has 0 spiro atoms. The molecule has 0 aromatic heterocycles. The predicted octanol–water partition coefficient (Wildman–Crippen LogP) is 5.14. The normalized spacial score (nSPS) is 12.3. The first-order valence-corrected chi connectivity index (χ1v) is 7.10. The monoisotopic (exact) mass is 302 g/mol. The van der Waals surface area contributed by atoms with Crippen molar-refractivity contribution in [1.82, 2.24) is 0 Å². The average Bonchev–Trinajstić information content (AvgIpc) is 2.44. The molecule has 0 unspecified atom stereocenters. The maximum absolute atomic E-state index is 12.7. The summed E-state index contributed by atoms with van der Waals surface area (Å²) in [6.45, 7) is 7.31. The summed E-state index contributed by atoms with van der Waals surface area (Å²) in [6, 6.07) is 3.13. The first-order chi connectivity index (χ1) is 9.69. The number of benzene rings is 1. The number of carbonyl (C=O) groups is 1. The number of rotatable bonds is 5. The highest BCUT2D eigenvalue weighted by atomic mass is 19.4. The van der Waals surface area contributed by atoms with Crippen molar-refractivity contribution in [3.63, 3.8) is 0 Å². The van der Waals surface area contributed by atoms with Crippen LogP contribution in [0.15, 0.2) is 18.2 Å². The Morgan fingerprint density at radius 1 is 1.10 bits per heavy atom. The van der Waals surface area contributed by atoms with E-state index in [1.165, 1.54) is 6.07 Å². The molecule has 0 aliphatic carbocycles. The maximum Gasteiger partial charge on any atom is 0.416 e. The molecule has 21 heavy (non-hydrogen) atoms. The van der Waals surface area contributed by atoms with Crippen molar-refractivity contribution in [1.29, 1.82) is 0 Å². The molecular formula is C16H21F3O2. The first-order valence-electron chi connectivity index (χ1n) is 7.10. The van der Waals surface area contributed by atoms with E-state index < -0.39 is 23.3 Å². The number of hydrogen-bond acceptors (Lipinski definition) is 2. The minimum Gasteiger partial charge on any atom is -0.456 e. The van der Waals surface area contributed by atoms with Gasteiger partial charge in [0.1, 0.15) is 5.60 Å². The fourth-order valence-corrected chi connectivity index (χ4v) is 2.24. The molecule has 0 heterocycles. The summed E-state index contributed by atoms with van der Waals surface area (Å²) in [5.41, 5.74) is -0.998. The first kappa shape index (κ1) is 17.5. The lowest BCUT2D eigenvalue weighted by Crippen LogP contribution is -2.33. The molecule has 0 N–H and O–H groups in total. The smallest absolute Gasteiger partial charge is 0.416 e. The molecule has 1 rings (SSSR count). The van der Waals surface area contributed by atoms with Gasteiger partial charge < -0.3 is 4.74 Å². The van der Waals surface area contributed by atoms with Crippen LogP contribution in [0.4, 0.5) is 13.2 Å². The Hall–Kier alpha value is -1.52. The minimum atomic E-state index is -4.47. The molecule has 1 aromatic rings. The van der Waals surface area contributed by atoms with Crippen molar-refractivity contribution in [2.75, 3.05) is 0 Å². The Morgan fingerprint density at radius 3 is 2.05 bits per heavy atom. The van der Waals surface area contributed by atoms with E-state index in [1.807, 2.05) is 20.8 Å². The molecule has 118 valence electrons. The van der Waals surface area contributed by atoms with Crippen molar-refractivity contribution in [3.8, 4) is 0 Å². The molecule has 0 atom stereocenters. The number of hydrogen-bond donors (Lipinski definition) is 0. The van der Waals surface area contributed by atoms with Crippen LogP contribution in [-0.4, -0.2) is 11.6 Å². The number of ether oxygens (including phenoxy) is 1. The Labute approximate surface area is 123 Å². The zero-order chi connectivity index (χ0) is 16.3. The van der Waals surface area contributed by atoms with Gasteiger partial charge in [0, 0.05) is 0 Å². The number of halogens is 3. The molecule has 0 saturated carbocycles. The van der Waals surface area contributed by atoms with Gasteiger partial charge in [-0.25, -0.2) is 4.79 Å². The number of alkyl halides is 3. The quantitative estimate of drug-likeness (QED) is 0.704. The number of esters is 1. The summed E-state index contributed by atoms with van der Waals surface area (Å²) in [4.78, 5) is 12.2. The Kier molecular flexibility index (Phi) is 5.42. The fraction of sp³-hybridized carbons (Fsp3) is 0.562. The van der Waals surface area contributed by atoms with E-state index in [0.717, 1.165) is 12.1 Å². The van der Waals surface area contributed by atoms with E-state index in [2.05, 4.69) is 0 Å². The van der Waals surface area contributed by atoms with E-state index in [-0.39, 0.29) is 5.56 Å². The molecule has 0 bridgehead atoms. The van der Waals surface area contributed by atoms with Gasteiger partial charge >= 0.3 is 12.1 Å². The van der Waals surface area contributed by atoms with Crippen molar-refractivity contribution in [2.24, 2.45) is 0 Å². The van der Waals surface area contributed by atoms with Gasteiger partial charge in [-0.05, 0) is 43.9 Å². The van der Waals surface area contributed by atoms with Crippen molar-refractivity contribution in [3.05, 3.63) is 34.9 Å². The molecule has 5 heteroatoms. The molecule has 0 saturated heterocycles. The van der Waals surface area contributed by atoms with Crippen LogP contribution in [0.2, 0.25) is 0 Å². The van der Waals surface area contributed by atoms with Crippen LogP contribution in [0, 0.1) is 6.92 Å². The lowest BCUT2D eigenvalue weighted by atomic mass is 9.93. The van der Waals surface area contributed by atoms with E-state index in [1.54, 1.807) is 6.92 Å². The standard InChI is InChI=1S/C16H21F3O2/c1-5-15(6-2,7-3)21-14(20)13-10-12(16(17,18)19)9-8-11(13)4/h8-10H,5-7H2,1-4H3. The van der Waals surface area contributed by atoms with Gasteiger partial charge in [-0.3, -0.25) is 0 Å². The van der Waals surface area contributed by atoms with Gasteiger partial charge in [0.15, 0.2) is 0 Å². The highest BCUT2D eigenvalue weighted by molar-refractivity contribution is 5.91. The summed E-state index contributed by atoms with van der Waals surface area (Å²) >= 11 is 0. The molecule has 0 amide bonds. The second kappa shape index (κ2) is 6.50. The van der Waals surface area contributed by atoms with Crippen LogP contribution in [0.25, 0.3) is 0 Å². The highest BCUT2D eigenvalue weighted by Crippen LogP contribution is 2.32. The Balaban J connectivity index is 3.13. The van der Waals surface area contributed by atoms with Gasteiger partial charge in [0.25, 0.3) is 0 Å². The zero-order valence-corrected chi connectivity index (χ0v) is 12.8. The maximum atomic E-state index is 12.7. The van der Waals surface area contributed by atoms with E-state index >= 15 is 0 Å². The van der Waals surface area contributed by atoms with E-state index in [9.17, 15) is 18.0 Å². The SMILES string of the molecule is CCC(CC)(CC)OC(=O)c1cc(C(F)(F)F)ccc1C. The van der Waals surface area contributed by atoms with Crippen LogP contribution in [0.3, 0.4) is 0 Å². The zero-order valence-electron chi connectivity index (χ0n) is 12.8. The molecule has 0 aliphatic rings. The third kappa shape index (κ3) is 3.99. The highest BCUT2D eigenvalue weighted by Gasteiger charge is 2.33. The summed E-state index contributed by atoms with van der Waals surface area (Å²) in [5.74, 6) is -0.691. The Bertz CT molecular complexity index is 494. The van der Waals surface area contributed by atoms with Gasteiger partial charge in [-0.2, -0.15) is 13.2 Å². The van der Waals surface area contributed by atoms with E-state index in [4.69, 9.17) is 4.74 Å². The van der Waals surface area contributed by atoms with Crippen molar-refractivity contribution in [2.45, 2.75) is 58.7 Å². The van der Waals surface area contributed by atoms with Crippen LogP contribution >= 0.6 is 0 Å². The van der Waals surface area contributed by atoms with Gasteiger partial charge in [0.2, 0.25) is 0 Å². The summed E-state index contributed by atoms with van der Waals surface area (Å²) < 4.78 is 43.8. The molecule has 0 aliphatic heterocycles. The van der Waals surface area contributed by atoms with Gasteiger partial charge in [-0.1, -0.05) is 26.8 Å². The number of carbonyl (C=O) groups excluding carboxylic acids is 1. The predicted molar refractivity (Wildman–Crippen MR) is 75.2 cm³/mol. The second-order valence-corrected chi connectivity index (χ2v) is 5.16. The second-order valence-electron chi connectivity index (χ2n) is 5.16. The van der Waals surface area contributed by atoms with Crippen molar-refractivity contribution < 1.29 is 22.7 Å². The molecule has 0 radical (unpaired) electrons. The summed E-state index contributed by atoms with van der Waals surface area (Å²) in [6.07, 6.45) is -2.59. The van der Waals surface area contributed by atoms with Gasteiger partial charge in [0.05, 0.1) is 11.1 Å². The van der Waals surface area contributed by atoms with Crippen LogP contribution in [0.5, 0.6) is 0 Å². The third-order valence-corrected chi connectivity index (χ3v) is 4.03. The number of aryl methyl sites for hydroxylation is 1. The largest absolute Gasteiger partial charge is 0.456 e. The molecule has 0 fully saturated rings. The van der Waals surface area contributed by atoms with Gasteiger partial charge in [-0.15, -0.1) is 0 Å². The van der Waals surface area contributed by atoms with Crippen LogP contribution in [-0.2, 0) is 10.9 Å². The topological polar surface area (TPSA) is 26.3 Å². The van der Waals surface area contributed by atoms with E-state index in [0.29, 0.717) is 24.8 Å². The van der Waals surface area contributed by atoms with Crippen LogP contribution in [0.1, 0.15) is 61.5 Å². The molecule has 2 nitrogen and oxygen atoms in total. The average molecular weight is 302 g/mol. The minimum absolute atomic E-state index is 0.0236. The summed E-state index contributed by atoms with van der Waals surface area (Å²) in [5, 5.41) is 0.